The fourth-order valence-corrected chi connectivity index (χ4v) is 2.52. The van der Waals surface area contributed by atoms with E-state index in [0.29, 0.717) is 17.9 Å². The van der Waals surface area contributed by atoms with E-state index in [1.165, 1.54) is 0 Å². The number of amides is 1. The third-order valence-electron chi connectivity index (χ3n) is 4.26. The molecule has 0 aliphatic heterocycles. The number of fused-ring (bicyclic) bond motifs is 1. The molecule has 2 rings (SSSR count). The number of imidazole rings is 1. The zero-order chi connectivity index (χ0) is 17.2. The number of carbonyl (C=O) groups is 1. The molecule has 1 unspecified atom stereocenters. The normalized spacial score (nSPS) is 14.2. The molecule has 0 fully saturated rings. The Hall–Kier alpha value is -1.88. The summed E-state index contributed by atoms with van der Waals surface area (Å²) in [5, 5.41) is 13.2. The first-order chi connectivity index (χ1) is 10.7. The number of aryl methyl sites for hydroxylation is 2. The lowest BCUT2D eigenvalue weighted by Gasteiger charge is -2.24. The van der Waals surface area contributed by atoms with Crippen LogP contribution in [-0.4, -0.2) is 32.7 Å². The number of hydrogen-bond acceptors (Lipinski definition) is 3. The summed E-state index contributed by atoms with van der Waals surface area (Å²) >= 11 is 0. The van der Waals surface area contributed by atoms with Crippen molar-refractivity contribution >= 4 is 16.9 Å². The van der Waals surface area contributed by atoms with Crippen LogP contribution in [0.4, 0.5) is 0 Å². The van der Waals surface area contributed by atoms with Crippen molar-refractivity contribution in [2.45, 2.75) is 46.1 Å². The maximum Gasteiger partial charge on any atom is 0.251 e. The van der Waals surface area contributed by atoms with Gasteiger partial charge in [-0.2, -0.15) is 0 Å². The Morgan fingerprint density at radius 1 is 1.43 bits per heavy atom. The van der Waals surface area contributed by atoms with Crippen molar-refractivity contribution in [2.75, 3.05) is 6.54 Å². The Kier molecular flexibility index (Phi) is 5.09. The van der Waals surface area contributed by atoms with Crippen molar-refractivity contribution in [3.8, 4) is 0 Å². The van der Waals surface area contributed by atoms with Crippen LogP contribution in [0.1, 0.15) is 49.8 Å². The van der Waals surface area contributed by atoms with Gasteiger partial charge in [-0.1, -0.05) is 13.8 Å². The summed E-state index contributed by atoms with van der Waals surface area (Å²) in [6.45, 7) is 8.20. The van der Waals surface area contributed by atoms with Gasteiger partial charge in [0, 0.05) is 19.2 Å². The Balaban J connectivity index is 2.03. The molecule has 0 saturated carbocycles. The molecule has 5 nitrogen and oxygen atoms in total. The predicted octanol–water partition coefficient (Wildman–Crippen LogP) is 2.80. The molecule has 0 bridgehead atoms. The molecule has 23 heavy (non-hydrogen) atoms. The fourth-order valence-electron chi connectivity index (χ4n) is 2.52. The molecule has 1 aromatic heterocycles. The third kappa shape index (κ3) is 4.32. The van der Waals surface area contributed by atoms with Crippen molar-refractivity contribution in [1.29, 1.82) is 0 Å². The Bertz CT molecular complexity index is 702. The van der Waals surface area contributed by atoms with E-state index in [1.807, 2.05) is 24.6 Å². The minimum atomic E-state index is -0.883. The van der Waals surface area contributed by atoms with Crippen LogP contribution in [0.2, 0.25) is 0 Å². The second-order valence-electron chi connectivity index (χ2n) is 7.03. The number of aliphatic hydroxyl groups is 1. The predicted molar refractivity (Wildman–Crippen MR) is 92.5 cm³/mol. The van der Waals surface area contributed by atoms with E-state index in [0.717, 1.165) is 23.3 Å². The minimum absolute atomic E-state index is 0.181. The SMILES string of the molecule is Cc1nc2cc(C(=O)NCC(C)(O)CCC(C)C)ccc2n1C. The van der Waals surface area contributed by atoms with E-state index >= 15 is 0 Å². The summed E-state index contributed by atoms with van der Waals surface area (Å²) < 4.78 is 1.99. The van der Waals surface area contributed by atoms with Gasteiger partial charge in [-0.15, -0.1) is 0 Å². The number of nitrogens with one attached hydrogen (secondary N) is 1. The van der Waals surface area contributed by atoms with Crippen LogP contribution in [0.5, 0.6) is 0 Å². The lowest BCUT2D eigenvalue weighted by molar-refractivity contribution is 0.0429. The molecule has 5 heteroatoms. The van der Waals surface area contributed by atoms with Crippen LogP contribution in [0.15, 0.2) is 18.2 Å². The molecule has 1 amide bonds. The highest BCUT2D eigenvalue weighted by Gasteiger charge is 2.22. The molecule has 0 saturated heterocycles. The van der Waals surface area contributed by atoms with Gasteiger partial charge in [-0.05, 0) is 50.8 Å². The van der Waals surface area contributed by atoms with E-state index in [2.05, 4.69) is 24.1 Å². The average molecular weight is 317 g/mol. The highest BCUT2D eigenvalue weighted by molar-refractivity contribution is 5.97. The molecule has 2 aromatic rings. The first-order valence-corrected chi connectivity index (χ1v) is 8.13. The Labute approximate surface area is 137 Å². The van der Waals surface area contributed by atoms with Gasteiger partial charge in [0.05, 0.1) is 16.6 Å². The van der Waals surface area contributed by atoms with Gasteiger partial charge in [0.2, 0.25) is 0 Å². The number of carbonyl (C=O) groups excluding carboxylic acids is 1. The van der Waals surface area contributed by atoms with E-state index in [1.54, 1.807) is 19.1 Å². The van der Waals surface area contributed by atoms with Crippen molar-refractivity contribution in [1.82, 2.24) is 14.9 Å². The average Bonchev–Trinajstić information content (AvgIpc) is 2.77. The van der Waals surface area contributed by atoms with E-state index in [9.17, 15) is 9.90 Å². The molecule has 0 spiro atoms. The smallest absolute Gasteiger partial charge is 0.251 e. The molecule has 126 valence electrons. The maximum absolute atomic E-state index is 12.3. The zero-order valence-electron chi connectivity index (χ0n) is 14.7. The first kappa shape index (κ1) is 17.5. The highest BCUT2D eigenvalue weighted by atomic mass is 16.3. The van der Waals surface area contributed by atoms with Crippen LogP contribution < -0.4 is 5.32 Å². The van der Waals surface area contributed by atoms with E-state index in [-0.39, 0.29) is 12.5 Å². The number of aromatic nitrogens is 2. The minimum Gasteiger partial charge on any atom is -0.388 e. The van der Waals surface area contributed by atoms with Gasteiger partial charge in [-0.3, -0.25) is 4.79 Å². The Morgan fingerprint density at radius 3 is 2.78 bits per heavy atom. The summed E-state index contributed by atoms with van der Waals surface area (Å²) in [6.07, 6.45) is 1.60. The fraction of sp³-hybridized carbons (Fsp3) is 0.556. The second-order valence-corrected chi connectivity index (χ2v) is 7.03. The number of rotatable bonds is 6. The molecule has 1 heterocycles. The monoisotopic (exact) mass is 317 g/mol. The lowest BCUT2D eigenvalue weighted by atomic mass is 9.95. The van der Waals surface area contributed by atoms with Gasteiger partial charge in [-0.25, -0.2) is 4.98 Å². The van der Waals surface area contributed by atoms with Crippen LogP contribution >= 0.6 is 0 Å². The molecular weight excluding hydrogens is 290 g/mol. The topological polar surface area (TPSA) is 67.2 Å². The number of benzene rings is 1. The highest BCUT2D eigenvalue weighted by Crippen LogP contribution is 2.18. The first-order valence-electron chi connectivity index (χ1n) is 8.13. The summed E-state index contributed by atoms with van der Waals surface area (Å²) in [5.74, 6) is 1.26. The van der Waals surface area contributed by atoms with Crippen LogP contribution in [-0.2, 0) is 7.05 Å². The standard InChI is InChI=1S/C18H27N3O2/c1-12(2)8-9-18(4,23)11-19-17(22)14-6-7-16-15(10-14)20-13(3)21(16)5/h6-7,10,12,23H,8-9,11H2,1-5H3,(H,19,22). The quantitative estimate of drug-likeness (QED) is 0.861. The van der Waals surface area contributed by atoms with Crippen LogP contribution in [0.3, 0.4) is 0 Å². The van der Waals surface area contributed by atoms with Gasteiger partial charge in [0.1, 0.15) is 5.82 Å². The molecule has 1 atom stereocenters. The number of nitrogens with zero attached hydrogens (tertiary/aromatic N) is 2. The maximum atomic E-state index is 12.3. The second kappa shape index (κ2) is 6.71. The molecule has 2 N–H and O–H groups in total. The van der Waals surface area contributed by atoms with Gasteiger partial charge in [0.25, 0.3) is 5.91 Å². The van der Waals surface area contributed by atoms with E-state index < -0.39 is 5.60 Å². The summed E-state index contributed by atoms with van der Waals surface area (Å²) in [4.78, 5) is 16.8. The molecule has 0 radical (unpaired) electrons. The summed E-state index contributed by atoms with van der Waals surface area (Å²) in [5.41, 5.74) is 1.49. The van der Waals surface area contributed by atoms with E-state index in [4.69, 9.17) is 0 Å². The van der Waals surface area contributed by atoms with Crippen LogP contribution in [0.25, 0.3) is 11.0 Å². The molecular formula is C18H27N3O2. The largest absolute Gasteiger partial charge is 0.388 e. The van der Waals surface area contributed by atoms with Gasteiger partial charge in [0.15, 0.2) is 0 Å². The Morgan fingerprint density at radius 2 is 2.13 bits per heavy atom. The summed E-state index contributed by atoms with van der Waals surface area (Å²) in [6, 6.07) is 5.49. The van der Waals surface area contributed by atoms with Crippen molar-refractivity contribution in [2.24, 2.45) is 13.0 Å². The molecule has 1 aromatic carbocycles. The van der Waals surface area contributed by atoms with Crippen molar-refractivity contribution in [3.05, 3.63) is 29.6 Å². The van der Waals surface area contributed by atoms with Crippen LogP contribution in [0, 0.1) is 12.8 Å². The summed E-state index contributed by atoms with van der Waals surface area (Å²) in [7, 11) is 1.95. The molecule has 0 aliphatic carbocycles. The van der Waals surface area contributed by atoms with Gasteiger partial charge >= 0.3 is 0 Å². The van der Waals surface area contributed by atoms with Crippen molar-refractivity contribution in [3.63, 3.8) is 0 Å². The lowest BCUT2D eigenvalue weighted by Crippen LogP contribution is -2.40. The zero-order valence-corrected chi connectivity index (χ0v) is 14.7. The molecule has 0 aliphatic rings. The third-order valence-corrected chi connectivity index (χ3v) is 4.26. The van der Waals surface area contributed by atoms with Gasteiger partial charge < -0.3 is 15.0 Å². The number of hydrogen-bond donors (Lipinski definition) is 2. The van der Waals surface area contributed by atoms with Crippen molar-refractivity contribution < 1.29 is 9.90 Å².